The van der Waals surface area contributed by atoms with Crippen molar-refractivity contribution in [3.05, 3.63) is 63.6 Å². The van der Waals surface area contributed by atoms with Gasteiger partial charge < -0.3 is 5.32 Å². The largest absolute Gasteiger partial charge is 0.321 e. The van der Waals surface area contributed by atoms with Gasteiger partial charge in [0.15, 0.2) is 0 Å². The molecule has 3 rings (SSSR count). The van der Waals surface area contributed by atoms with Crippen molar-refractivity contribution in [2.75, 3.05) is 5.32 Å². The summed E-state index contributed by atoms with van der Waals surface area (Å²) in [6, 6.07) is 11.8. The second-order valence-corrected chi connectivity index (χ2v) is 6.39. The molecule has 118 valence electrons. The van der Waals surface area contributed by atoms with Crippen LogP contribution in [0.25, 0.3) is 5.69 Å². The Morgan fingerprint density at radius 2 is 2.09 bits per heavy atom. The van der Waals surface area contributed by atoms with Gasteiger partial charge in [0.05, 0.1) is 16.3 Å². The van der Waals surface area contributed by atoms with Crippen molar-refractivity contribution < 1.29 is 4.79 Å². The molecule has 2 heterocycles. The second-order valence-electron chi connectivity index (χ2n) is 5.47. The van der Waals surface area contributed by atoms with Crippen LogP contribution in [0, 0.1) is 13.8 Å². The second kappa shape index (κ2) is 6.38. The van der Waals surface area contributed by atoms with Gasteiger partial charge in [-0.15, -0.1) is 11.3 Å². The summed E-state index contributed by atoms with van der Waals surface area (Å²) in [7, 11) is 0. The van der Waals surface area contributed by atoms with Gasteiger partial charge in [-0.2, -0.15) is 5.10 Å². The first kappa shape index (κ1) is 15.5. The third-order valence-corrected chi connectivity index (χ3v) is 4.65. The van der Waals surface area contributed by atoms with Crippen LogP contribution in [0.4, 0.5) is 5.69 Å². The summed E-state index contributed by atoms with van der Waals surface area (Å²) in [5.74, 6) is -0.0534. The van der Waals surface area contributed by atoms with Gasteiger partial charge in [-0.3, -0.25) is 4.79 Å². The maximum Gasteiger partial charge on any atom is 0.266 e. The first-order valence-corrected chi connectivity index (χ1v) is 8.48. The molecule has 0 aliphatic rings. The Kier molecular flexibility index (Phi) is 4.30. The van der Waals surface area contributed by atoms with E-state index in [1.807, 2.05) is 60.3 Å². The van der Waals surface area contributed by atoms with Gasteiger partial charge >= 0.3 is 0 Å². The lowest BCUT2D eigenvalue weighted by Gasteiger charge is -2.09. The molecular weight excluding hydrogens is 306 g/mol. The Labute approximate surface area is 139 Å². The molecule has 4 nitrogen and oxygen atoms in total. The molecule has 0 aliphatic carbocycles. The molecule has 23 heavy (non-hydrogen) atoms. The number of rotatable bonds is 4. The maximum atomic E-state index is 12.5. The lowest BCUT2D eigenvalue weighted by molar-refractivity contribution is 0.103. The lowest BCUT2D eigenvalue weighted by Crippen LogP contribution is -2.12. The van der Waals surface area contributed by atoms with Gasteiger partial charge in [0.1, 0.15) is 0 Å². The molecule has 0 fully saturated rings. The van der Waals surface area contributed by atoms with Crippen LogP contribution in [0.3, 0.4) is 0 Å². The number of aryl methyl sites for hydroxylation is 3. The van der Waals surface area contributed by atoms with E-state index >= 15 is 0 Å². The van der Waals surface area contributed by atoms with E-state index in [0.717, 1.165) is 39.6 Å². The quantitative estimate of drug-likeness (QED) is 0.774. The monoisotopic (exact) mass is 325 g/mol. The van der Waals surface area contributed by atoms with E-state index in [-0.39, 0.29) is 5.91 Å². The van der Waals surface area contributed by atoms with E-state index in [0.29, 0.717) is 0 Å². The predicted molar refractivity (Wildman–Crippen MR) is 94.7 cm³/mol. The number of carbonyl (C=O) groups is 1. The van der Waals surface area contributed by atoms with Gasteiger partial charge in [-0.1, -0.05) is 13.0 Å². The molecule has 1 aromatic carbocycles. The van der Waals surface area contributed by atoms with Crippen molar-refractivity contribution in [1.29, 1.82) is 0 Å². The Morgan fingerprint density at radius 3 is 2.78 bits per heavy atom. The molecule has 1 amide bonds. The topological polar surface area (TPSA) is 46.9 Å². The minimum Gasteiger partial charge on any atom is -0.321 e. The summed E-state index contributed by atoms with van der Waals surface area (Å²) < 4.78 is 1.88. The number of aromatic nitrogens is 2. The number of hydrogen-bond donors (Lipinski definition) is 1. The number of anilines is 1. The van der Waals surface area contributed by atoms with E-state index in [9.17, 15) is 4.79 Å². The van der Waals surface area contributed by atoms with Crippen LogP contribution in [0.2, 0.25) is 0 Å². The van der Waals surface area contributed by atoms with Crippen LogP contribution in [0.5, 0.6) is 0 Å². The molecule has 0 radical (unpaired) electrons. The normalized spacial score (nSPS) is 10.7. The molecule has 0 saturated heterocycles. The summed E-state index contributed by atoms with van der Waals surface area (Å²) in [5, 5.41) is 9.43. The van der Waals surface area contributed by atoms with Crippen LogP contribution < -0.4 is 5.32 Å². The Balaban J connectivity index is 1.86. The number of thiophene rings is 1. The fraction of sp³-hybridized carbons (Fsp3) is 0.222. The first-order valence-electron chi connectivity index (χ1n) is 7.60. The summed E-state index contributed by atoms with van der Waals surface area (Å²) >= 11 is 1.48. The molecule has 0 aliphatic heterocycles. The Bertz CT molecular complexity index is 848. The third kappa shape index (κ3) is 3.19. The van der Waals surface area contributed by atoms with Gasteiger partial charge in [-0.25, -0.2) is 4.68 Å². The zero-order chi connectivity index (χ0) is 16.4. The standard InChI is InChI=1S/C18H19N3OS/c1-4-14-8-9-23-17(14)18(22)19-15-6-5-7-16(11-15)21-13(3)10-12(2)20-21/h5-11H,4H2,1-3H3,(H,19,22). The fourth-order valence-corrected chi connectivity index (χ4v) is 3.50. The minimum absolute atomic E-state index is 0.0534. The average molecular weight is 325 g/mol. The third-order valence-electron chi connectivity index (χ3n) is 3.69. The molecule has 0 bridgehead atoms. The fourth-order valence-electron chi connectivity index (χ4n) is 2.61. The summed E-state index contributed by atoms with van der Waals surface area (Å²) in [6.07, 6.45) is 0.859. The van der Waals surface area contributed by atoms with Crippen molar-refractivity contribution in [1.82, 2.24) is 9.78 Å². The van der Waals surface area contributed by atoms with Crippen LogP contribution in [-0.2, 0) is 6.42 Å². The van der Waals surface area contributed by atoms with Gasteiger partial charge in [0, 0.05) is 11.4 Å². The van der Waals surface area contributed by atoms with Crippen LogP contribution in [0.1, 0.15) is 33.5 Å². The van der Waals surface area contributed by atoms with Crippen LogP contribution >= 0.6 is 11.3 Å². The summed E-state index contributed by atoms with van der Waals surface area (Å²) in [5.41, 5.74) is 4.84. The zero-order valence-electron chi connectivity index (χ0n) is 13.5. The van der Waals surface area contributed by atoms with Crippen molar-refractivity contribution in [2.45, 2.75) is 27.2 Å². The zero-order valence-corrected chi connectivity index (χ0v) is 14.3. The smallest absolute Gasteiger partial charge is 0.266 e. The molecule has 3 aromatic rings. The van der Waals surface area contributed by atoms with Crippen LogP contribution in [0.15, 0.2) is 41.8 Å². The SMILES string of the molecule is CCc1ccsc1C(=O)Nc1cccc(-n2nc(C)cc2C)c1. The van der Waals surface area contributed by atoms with Gasteiger partial charge in [-0.05, 0) is 61.5 Å². The molecule has 5 heteroatoms. The van der Waals surface area contributed by atoms with E-state index < -0.39 is 0 Å². The highest BCUT2D eigenvalue weighted by atomic mass is 32.1. The van der Waals surface area contributed by atoms with E-state index in [2.05, 4.69) is 17.3 Å². The van der Waals surface area contributed by atoms with Crippen molar-refractivity contribution in [3.63, 3.8) is 0 Å². The summed E-state index contributed by atoms with van der Waals surface area (Å²) in [4.78, 5) is 13.2. The van der Waals surface area contributed by atoms with E-state index in [1.54, 1.807) is 0 Å². The number of nitrogens with zero attached hydrogens (tertiary/aromatic N) is 2. The van der Waals surface area contributed by atoms with Crippen LogP contribution in [-0.4, -0.2) is 15.7 Å². The van der Waals surface area contributed by atoms with Gasteiger partial charge in [0.2, 0.25) is 0 Å². The van der Waals surface area contributed by atoms with Crippen molar-refractivity contribution >= 4 is 22.9 Å². The molecule has 1 N–H and O–H groups in total. The van der Waals surface area contributed by atoms with E-state index in [1.165, 1.54) is 11.3 Å². The molecular formula is C18H19N3OS. The minimum atomic E-state index is -0.0534. The molecule has 0 spiro atoms. The predicted octanol–water partition coefficient (Wildman–Crippen LogP) is 4.37. The molecule has 0 atom stereocenters. The Hall–Kier alpha value is -2.40. The number of amides is 1. The number of nitrogens with one attached hydrogen (secondary N) is 1. The molecule has 0 unspecified atom stereocenters. The first-order chi connectivity index (χ1) is 11.1. The summed E-state index contributed by atoms with van der Waals surface area (Å²) in [6.45, 7) is 6.05. The van der Waals surface area contributed by atoms with Gasteiger partial charge in [0.25, 0.3) is 5.91 Å². The number of hydrogen-bond acceptors (Lipinski definition) is 3. The highest BCUT2D eigenvalue weighted by Gasteiger charge is 2.13. The maximum absolute atomic E-state index is 12.5. The highest BCUT2D eigenvalue weighted by Crippen LogP contribution is 2.21. The molecule has 2 aromatic heterocycles. The Morgan fingerprint density at radius 1 is 1.26 bits per heavy atom. The highest BCUT2D eigenvalue weighted by molar-refractivity contribution is 7.12. The van der Waals surface area contributed by atoms with Crippen molar-refractivity contribution in [2.24, 2.45) is 0 Å². The molecule has 0 saturated carbocycles. The number of benzene rings is 1. The van der Waals surface area contributed by atoms with E-state index in [4.69, 9.17) is 0 Å². The lowest BCUT2D eigenvalue weighted by atomic mass is 10.2. The number of carbonyl (C=O) groups excluding carboxylic acids is 1. The van der Waals surface area contributed by atoms with Crippen molar-refractivity contribution in [3.8, 4) is 5.69 Å². The average Bonchev–Trinajstić information content (AvgIpc) is 3.13.